The van der Waals surface area contributed by atoms with Crippen LogP contribution < -0.4 is 5.32 Å². The van der Waals surface area contributed by atoms with Crippen molar-refractivity contribution in [1.82, 2.24) is 34.6 Å². The van der Waals surface area contributed by atoms with Crippen molar-refractivity contribution in [1.29, 1.82) is 0 Å². The molecule has 4 aromatic rings. The van der Waals surface area contributed by atoms with Crippen molar-refractivity contribution in [3.8, 4) is 11.4 Å². The molecule has 0 amide bonds. The summed E-state index contributed by atoms with van der Waals surface area (Å²) in [5, 5.41) is 24.0. The quantitative estimate of drug-likeness (QED) is 0.522. The lowest BCUT2D eigenvalue weighted by Crippen LogP contribution is -2.07. The molecule has 3 aromatic heterocycles. The molecular formula is C17H18N8. The Morgan fingerprint density at radius 1 is 0.880 bits per heavy atom. The van der Waals surface area contributed by atoms with Crippen LogP contribution in [0.4, 0.5) is 5.82 Å². The Kier molecular flexibility index (Phi) is 4.32. The van der Waals surface area contributed by atoms with E-state index in [0.29, 0.717) is 0 Å². The summed E-state index contributed by atoms with van der Waals surface area (Å²) in [6.45, 7) is 1.77. The maximum atomic E-state index is 4.61. The van der Waals surface area contributed by atoms with Gasteiger partial charge in [0.1, 0.15) is 18.5 Å². The number of unbranched alkanes of at least 4 members (excludes halogenated alkanes) is 1. The van der Waals surface area contributed by atoms with Gasteiger partial charge in [-0.05, 0) is 25.0 Å². The molecule has 3 heterocycles. The van der Waals surface area contributed by atoms with Gasteiger partial charge >= 0.3 is 0 Å². The molecule has 0 saturated carbocycles. The molecule has 0 aliphatic rings. The molecule has 0 radical (unpaired) electrons. The van der Waals surface area contributed by atoms with E-state index in [1.54, 1.807) is 17.2 Å². The Morgan fingerprint density at radius 2 is 1.72 bits per heavy atom. The summed E-state index contributed by atoms with van der Waals surface area (Å²) in [4.78, 5) is 0. The number of hydrogen-bond donors (Lipinski definition) is 1. The first-order chi connectivity index (χ1) is 12.4. The number of rotatable bonds is 7. The lowest BCUT2D eigenvalue weighted by molar-refractivity contribution is 0.619. The Bertz CT molecular complexity index is 930. The number of benzene rings is 1. The molecule has 0 spiro atoms. The summed E-state index contributed by atoms with van der Waals surface area (Å²) in [5.74, 6) is 1.56. The van der Waals surface area contributed by atoms with E-state index in [-0.39, 0.29) is 0 Å². The zero-order valence-electron chi connectivity index (χ0n) is 13.7. The zero-order chi connectivity index (χ0) is 16.9. The fourth-order valence-corrected chi connectivity index (χ4v) is 2.62. The molecule has 4 rings (SSSR count). The summed E-state index contributed by atoms with van der Waals surface area (Å²) in [6.07, 6.45) is 5.56. The number of fused-ring (bicyclic) bond motifs is 1. The number of hydrogen-bond acceptors (Lipinski definition) is 6. The summed E-state index contributed by atoms with van der Waals surface area (Å²) in [7, 11) is 0. The maximum absolute atomic E-state index is 4.61. The van der Waals surface area contributed by atoms with Gasteiger partial charge in [-0.25, -0.2) is 0 Å². The second-order valence-electron chi connectivity index (χ2n) is 5.71. The SMILES string of the molecule is c1ccc(-c2nnc3ccc(NCCCCn4cnnc4)nn23)cc1. The van der Waals surface area contributed by atoms with Crippen molar-refractivity contribution < 1.29 is 0 Å². The molecule has 0 bridgehead atoms. The van der Waals surface area contributed by atoms with Crippen molar-refractivity contribution in [2.45, 2.75) is 19.4 Å². The van der Waals surface area contributed by atoms with Crippen LogP contribution in [-0.4, -0.2) is 41.1 Å². The minimum atomic E-state index is 0.733. The summed E-state index contributed by atoms with van der Waals surface area (Å²) in [6, 6.07) is 13.8. The van der Waals surface area contributed by atoms with Crippen molar-refractivity contribution in [3.05, 3.63) is 55.1 Å². The van der Waals surface area contributed by atoms with Crippen molar-refractivity contribution in [2.75, 3.05) is 11.9 Å². The highest BCUT2D eigenvalue weighted by Crippen LogP contribution is 2.17. The third-order valence-electron chi connectivity index (χ3n) is 3.91. The topological polar surface area (TPSA) is 85.8 Å². The van der Waals surface area contributed by atoms with Gasteiger partial charge in [0.15, 0.2) is 11.5 Å². The average Bonchev–Trinajstić information content (AvgIpc) is 3.31. The van der Waals surface area contributed by atoms with Gasteiger partial charge in [-0.1, -0.05) is 30.3 Å². The van der Waals surface area contributed by atoms with Gasteiger partial charge < -0.3 is 9.88 Å². The van der Waals surface area contributed by atoms with E-state index in [2.05, 4.69) is 30.8 Å². The molecule has 0 aliphatic carbocycles. The van der Waals surface area contributed by atoms with E-state index >= 15 is 0 Å². The van der Waals surface area contributed by atoms with E-state index in [9.17, 15) is 0 Å². The molecule has 1 aromatic carbocycles. The van der Waals surface area contributed by atoms with Gasteiger partial charge in [-0.15, -0.1) is 25.5 Å². The number of aryl methyl sites for hydroxylation is 1. The second-order valence-corrected chi connectivity index (χ2v) is 5.71. The van der Waals surface area contributed by atoms with E-state index in [4.69, 9.17) is 0 Å². The standard InChI is InChI=1S/C17H18N8/c1-2-6-14(7-3-1)17-22-21-16-9-8-15(23-25(16)17)18-10-4-5-11-24-12-19-20-13-24/h1-3,6-9,12-13H,4-5,10-11H2,(H,18,23). The zero-order valence-corrected chi connectivity index (χ0v) is 13.7. The highest BCUT2D eigenvalue weighted by Gasteiger charge is 2.09. The van der Waals surface area contributed by atoms with Crippen LogP contribution in [0.2, 0.25) is 0 Å². The molecule has 0 aliphatic heterocycles. The lowest BCUT2D eigenvalue weighted by Gasteiger charge is -2.06. The first-order valence-corrected chi connectivity index (χ1v) is 8.24. The molecule has 0 atom stereocenters. The number of anilines is 1. The monoisotopic (exact) mass is 334 g/mol. The van der Waals surface area contributed by atoms with Gasteiger partial charge in [-0.3, -0.25) is 0 Å². The van der Waals surface area contributed by atoms with Crippen molar-refractivity contribution in [2.24, 2.45) is 0 Å². The van der Waals surface area contributed by atoms with Crippen molar-refractivity contribution in [3.63, 3.8) is 0 Å². The first-order valence-electron chi connectivity index (χ1n) is 8.24. The molecule has 8 nitrogen and oxygen atoms in total. The predicted molar refractivity (Wildman–Crippen MR) is 94.0 cm³/mol. The summed E-state index contributed by atoms with van der Waals surface area (Å²) < 4.78 is 3.75. The maximum Gasteiger partial charge on any atom is 0.185 e. The minimum Gasteiger partial charge on any atom is -0.369 e. The molecule has 0 unspecified atom stereocenters. The second kappa shape index (κ2) is 7.08. The van der Waals surface area contributed by atoms with E-state index in [0.717, 1.165) is 48.8 Å². The fourth-order valence-electron chi connectivity index (χ4n) is 2.62. The third kappa shape index (κ3) is 3.47. The lowest BCUT2D eigenvalue weighted by atomic mass is 10.2. The van der Waals surface area contributed by atoms with Crippen LogP contribution in [0.1, 0.15) is 12.8 Å². The molecule has 25 heavy (non-hydrogen) atoms. The largest absolute Gasteiger partial charge is 0.369 e. The van der Waals surface area contributed by atoms with Gasteiger partial charge in [-0.2, -0.15) is 4.52 Å². The van der Waals surface area contributed by atoms with Crippen LogP contribution in [0.25, 0.3) is 17.0 Å². The van der Waals surface area contributed by atoms with Crippen LogP contribution in [-0.2, 0) is 6.54 Å². The van der Waals surface area contributed by atoms with E-state index in [1.807, 2.05) is 47.0 Å². The number of nitrogens with zero attached hydrogens (tertiary/aromatic N) is 7. The van der Waals surface area contributed by atoms with E-state index < -0.39 is 0 Å². The Labute approximate surface area is 144 Å². The smallest absolute Gasteiger partial charge is 0.185 e. The minimum absolute atomic E-state index is 0.733. The number of aromatic nitrogens is 7. The molecule has 126 valence electrons. The molecular weight excluding hydrogens is 316 g/mol. The first kappa shape index (κ1) is 15.3. The highest BCUT2D eigenvalue weighted by atomic mass is 15.4. The fraction of sp³-hybridized carbons (Fsp3) is 0.235. The van der Waals surface area contributed by atoms with Crippen LogP contribution in [0, 0.1) is 0 Å². The van der Waals surface area contributed by atoms with Crippen LogP contribution >= 0.6 is 0 Å². The van der Waals surface area contributed by atoms with Crippen LogP contribution in [0.5, 0.6) is 0 Å². The normalized spacial score (nSPS) is 11.0. The molecule has 0 saturated heterocycles. The molecule has 8 heteroatoms. The van der Waals surface area contributed by atoms with Gasteiger partial charge in [0.2, 0.25) is 0 Å². The van der Waals surface area contributed by atoms with E-state index in [1.165, 1.54) is 0 Å². The average molecular weight is 334 g/mol. The van der Waals surface area contributed by atoms with Crippen molar-refractivity contribution >= 4 is 11.5 Å². The number of nitrogens with one attached hydrogen (secondary N) is 1. The van der Waals surface area contributed by atoms with Crippen LogP contribution in [0.3, 0.4) is 0 Å². The van der Waals surface area contributed by atoms with Gasteiger partial charge in [0, 0.05) is 18.7 Å². The molecule has 1 N–H and O–H groups in total. The Balaban J connectivity index is 1.40. The van der Waals surface area contributed by atoms with Gasteiger partial charge in [0.05, 0.1) is 0 Å². The van der Waals surface area contributed by atoms with Crippen LogP contribution in [0.15, 0.2) is 55.1 Å². The Hall–Kier alpha value is -3.29. The van der Waals surface area contributed by atoms with Gasteiger partial charge in [0.25, 0.3) is 0 Å². The Morgan fingerprint density at radius 3 is 2.56 bits per heavy atom. The summed E-state index contributed by atoms with van der Waals surface area (Å²) in [5.41, 5.74) is 1.73. The molecule has 0 fully saturated rings. The predicted octanol–water partition coefficient (Wildman–Crippen LogP) is 2.28. The summed E-state index contributed by atoms with van der Waals surface area (Å²) >= 11 is 0. The highest BCUT2D eigenvalue weighted by molar-refractivity contribution is 5.59. The third-order valence-corrected chi connectivity index (χ3v) is 3.91.